The maximum Gasteiger partial charge on any atom is 0.350 e. The van der Waals surface area contributed by atoms with E-state index in [0.717, 1.165) is 23.3 Å². The molecule has 4 rings (SSSR count). The molecule has 39 heavy (non-hydrogen) atoms. The monoisotopic (exact) mass is 548 g/mol. The number of amides is 1. The van der Waals surface area contributed by atoms with Gasteiger partial charge < -0.3 is 14.6 Å². The summed E-state index contributed by atoms with van der Waals surface area (Å²) in [5.41, 5.74) is 2.41. The Morgan fingerprint density at radius 2 is 1.85 bits per heavy atom. The summed E-state index contributed by atoms with van der Waals surface area (Å²) < 4.78 is 10.8. The van der Waals surface area contributed by atoms with Crippen LogP contribution in [-0.2, 0) is 14.3 Å². The highest BCUT2D eigenvalue weighted by Gasteiger charge is 2.48. The number of rotatable bonds is 9. The molecular weight excluding hydrogens is 516 g/mol. The van der Waals surface area contributed by atoms with Gasteiger partial charge in [0.05, 0.1) is 30.5 Å². The highest BCUT2D eigenvalue weighted by atomic mass is 32.1. The number of hydrogen-bond acceptors (Lipinski definition) is 8. The van der Waals surface area contributed by atoms with E-state index in [1.54, 1.807) is 38.1 Å². The minimum absolute atomic E-state index is 0.0597. The third-order valence-corrected chi connectivity index (χ3v) is 7.53. The maximum atomic E-state index is 13.5. The van der Waals surface area contributed by atoms with Crippen LogP contribution in [0.5, 0.6) is 5.75 Å². The Labute approximate surface area is 231 Å². The molecule has 204 valence electrons. The Balaban J connectivity index is 1.88. The summed E-state index contributed by atoms with van der Waals surface area (Å²) in [5, 5.41) is 11.6. The summed E-state index contributed by atoms with van der Waals surface area (Å²) in [4.78, 5) is 45.4. The van der Waals surface area contributed by atoms with Crippen molar-refractivity contribution in [2.45, 2.75) is 53.0 Å². The lowest BCUT2D eigenvalue weighted by Gasteiger charge is -2.23. The van der Waals surface area contributed by atoms with Crippen molar-refractivity contribution in [1.82, 2.24) is 4.98 Å². The van der Waals surface area contributed by atoms with Crippen molar-refractivity contribution in [2.75, 3.05) is 18.1 Å². The Hall–Kier alpha value is -3.98. The van der Waals surface area contributed by atoms with Crippen LogP contribution >= 0.6 is 11.3 Å². The highest BCUT2D eigenvalue weighted by molar-refractivity contribution is 7.17. The molecule has 1 amide bonds. The van der Waals surface area contributed by atoms with Crippen LogP contribution in [0.1, 0.15) is 78.1 Å². The van der Waals surface area contributed by atoms with Crippen LogP contribution < -0.4 is 9.64 Å². The van der Waals surface area contributed by atoms with Gasteiger partial charge in [-0.05, 0) is 49.4 Å². The number of ether oxygens (including phenoxy) is 2. The molecule has 1 unspecified atom stereocenters. The fraction of sp³-hybridized carbons (Fsp3) is 0.333. The summed E-state index contributed by atoms with van der Waals surface area (Å²) >= 11 is 0.981. The molecule has 1 saturated heterocycles. The third kappa shape index (κ3) is 5.59. The number of aryl methyl sites for hydroxylation is 1. The smallest absolute Gasteiger partial charge is 0.350 e. The Morgan fingerprint density at radius 1 is 1.13 bits per heavy atom. The first-order chi connectivity index (χ1) is 18.7. The largest absolute Gasteiger partial charge is 0.507 e. The van der Waals surface area contributed by atoms with Crippen molar-refractivity contribution in [3.63, 3.8) is 0 Å². The van der Waals surface area contributed by atoms with Crippen LogP contribution in [0.3, 0.4) is 0 Å². The summed E-state index contributed by atoms with van der Waals surface area (Å²) in [6.07, 6.45) is 0.814. The lowest BCUT2D eigenvalue weighted by molar-refractivity contribution is -0.132. The molecule has 0 radical (unpaired) electrons. The van der Waals surface area contributed by atoms with Crippen LogP contribution in [0.4, 0.5) is 5.13 Å². The number of carbonyl (C=O) groups excluding carboxylic acids is 3. The topological polar surface area (TPSA) is 106 Å². The second-order valence-electron chi connectivity index (χ2n) is 9.50. The summed E-state index contributed by atoms with van der Waals surface area (Å²) in [5.74, 6) is -1.70. The predicted molar refractivity (Wildman–Crippen MR) is 150 cm³/mol. The van der Waals surface area contributed by atoms with Gasteiger partial charge in [0.15, 0.2) is 5.13 Å². The lowest BCUT2D eigenvalue weighted by Crippen LogP contribution is -2.29. The van der Waals surface area contributed by atoms with Crippen molar-refractivity contribution >= 4 is 39.9 Å². The summed E-state index contributed by atoms with van der Waals surface area (Å²) in [7, 11) is 0. The Morgan fingerprint density at radius 3 is 2.49 bits per heavy atom. The van der Waals surface area contributed by atoms with Crippen molar-refractivity contribution in [1.29, 1.82) is 0 Å². The second-order valence-corrected chi connectivity index (χ2v) is 10.5. The van der Waals surface area contributed by atoms with Crippen LogP contribution in [0, 0.1) is 6.92 Å². The number of aliphatic hydroxyl groups is 1. The molecule has 3 aromatic rings. The van der Waals surface area contributed by atoms with Crippen molar-refractivity contribution in [3.05, 3.63) is 81.4 Å². The Bertz CT molecular complexity index is 1420. The van der Waals surface area contributed by atoms with E-state index in [1.807, 2.05) is 31.2 Å². The average Bonchev–Trinajstić information content (AvgIpc) is 3.43. The van der Waals surface area contributed by atoms with Gasteiger partial charge in [-0.25, -0.2) is 9.78 Å². The molecule has 2 aromatic carbocycles. The molecule has 0 spiro atoms. The van der Waals surface area contributed by atoms with Gasteiger partial charge in [0, 0.05) is 5.56 Å². The van der Waals surface area contributed by atoms with Crippen LogP contribution in [0.25, 0.3) is 5.76 Å². The molecule has 0 bridgehead atoms. The van der Waals surface area contributed by atoms with E-state index in [4.69, 9.17) is 9.47 Å². The standard InChI is InChI=1S/C30H32N2O6S/c1-6-15-38-22-10-8-9-21(16-22)25(33)23-24(20-13-11-19(12-14-20)17(3)4)32(28(35)26(23)34)30-31-18(5)27(39-30)29(36)37-7-2/h8-14,16-17,24,33H,6-7,15H2,1-5H3. The van der Waals surface area contributed by atoms with Gasteiger partial charge in [0.2, 0.25) is 0 Å². The first-order valence-electron chi connectivity index (χ1n) is 13.0. The van der Waals surface area contributed by atoms with Gasteiger partial charge in [-0.15, -0.1) is 0 Å². The van der Waals surface area contributed by atoms with Crippen molar-refractivity contribution in [2.24, 2.45) is 0 Å². The number of aromatic nitrogens is 1. The normalized spacial score (nSPS) is 16.7. The molecule has 8 nitrogen and oxygen atoms in total. The van der Waals surface area contributed by atoms with Gasteiger partial charge in [-0.1, -0.05) is 68.5 Å². The molecule has 1 aliphatic heterocycles. The van der Waals surface area contributed by atoms with Crippen molar-refractivity contribution < 1.29 is 29.0 Å². The first-order valence-corrected chi connectivity index (χ1v) is 13.8. The zero-order valence-electron chi connectivity index (χ0n) is 22.7. The zero-order valence-corrected chi connectivity index (χ0v) is 23.5. The number of benzene rings is 2. The number of esters is 1. The van der Waals surface area contributed by atoms with Gasteiger partial charge >= 0.3 is 11.9 Å². The Kier molecular flexibility index (Phi) is 8.50. The van der Waals surface area contributed by atoms with Crippen LogP contribution in [0.15, 0.2) is 54.1 Å². The molecule has 1 aromatic heterocycles. The first kappa shape index (κ1) is 28.0. The number of hydrogen-bond donors (Lipinski definition) is 1. The van der Waals surface area contributed by atoms with Gasteiger partial charge in [0.1, 0.15) is 16.4 Å². The summed E-state index contributed by atoms with van der Waals surface area (Å²) in [6, 6.07) is 13.4. The molecule has 1 atom stereocenters. The zero-order chi connectivity index (χ0) is 28.3. The van der Waals surface area contributed by atoms with E-state index in [0.29, 0.717) is 29.2 Å². The minimum Gasteiger partial charge on any atom is -0.507 e. The SMILES string of the molecule is CCCOc1cccc(C(O)=C2C(=O)C(=O)N(c3nc(C)c(C(=O)OCC)s3)C2c2ccc(C(C)C)cc2)c1. The van der Waals surface area contributed by atoms with Crippen LogP contribution in [0.2, 0.25) is 0 Å². The number of aliphatic hydroxyl groups excluding tert-OH is 1. The lowest BCUT2D eigenvalue weighted by atomic mass is 9.93. The quantitative estimate of drug-likeness (QED) is 0.148. The maximum absolute atomic E-state index is 13.5. The van der Waals surface area contributed by atoms with Crippen LogP contribution in [-0.4, -0.2) is 41.0 Å². The minimum atomic E-state index is -0.952. The van der Waals surface area contributed by atoms with E-state index in [1.165, 1.54) is 4.90 Å². The fourth-order valence-corrected chi connectivity index (χ4v) is 5.38. The third-order valence-electron chi connectivity index (χ3n) is 6.40. The molecular formula is C30H32N2O6S. The number of anilines is 1. The fourth-order valence-electron chi connectivity index (χ4n) is 4.39. The molecule has 1 fully saturated rings. The molecule has 0 saturated carbocycles. The van der Waals surface area contributed by atoms with E-state index >= 15 is 0 Å². The second kappa shape index (κ2) is 11.8. The highest BCUT2D eigenvalue weighted by Crippen LogP contribution is 2.44. The van der Waals surface area contributed by atoms with E-state index in [-0.39, 0.29) is 33.9 Å². The van der Waals surface area contributed by atoms with Gasteiger partial charge in [0.25, 0.3) is 5.78 Å². The number of thiazole rings is 1. The van der Waals surface area contributed by atoms with Gasteiger partial charge in [-0.2, -0.15) is 0 Å². The molecule has 1 aliphatic rings. The average molecular weight is 549 g/mol. The van der Waals surface area contributed by atoms with E-state index < -0.39 is 23.7 Å². The van der Waals surface area contributed by atoms with Crippen molar-refractivity contribution in [3.8, 4) is 5.75 Å². The number of Topliss-reactive ketones (excluding diaryl/α,β-unsaturated/α-hetero) is 1. The number of carbonyl (C=O) groups is 3. The predicted octanol–water partition coefficient (Wildman–Crippen LogP) is 6.17. The number of nitrogens with zero attached hydrogens (tertiary/aromatic N) is 2. The molecule has 9 heteroatoms. The van der Waals surface area contributed by atoms with Gasteiger partial charge in [-0.3, -0.25) is 14.5 Å². The van der Waals surface area contributed by atoms with E-state index in [2.05, 4.69) is 18.8 Å². The molecule has 0 aliphatic carbocycles. The molecule has 1 N–H and O–H groups in total. The van der Waals surface area contributed by atoms with E-state index in [9.17, 15) is 19.5 Å². The number of ketones is 1. The summed E-state index contributed by atoms with van der Waals surface area (Å²) in [6.45, 7) is 10.2. The molecule has 2 heterocycles.